The summed E-state index contributed by atoms with van der Waals surface area (Å²) in [5.41, 5.74) is 0.492. The molecule has 1 fully saturated rings. The average Bonchev–Trinajstić information content (AvgIpc) is 2.95. The van der Waals surface area contributed by atoms with Crippen molar-refractivity contribution in [3.8, 4) is 0 Å². The molecule has 1 aliphatic rings. The number of ether oxygens (including phenoxy) is 1. The Balaban J connectivity index is 1.87. The van der Waals surface area contributed by atoms with E-state index in [-0.39, 0.29) is 18.0 Å². The highest BCUT2D eigenvalue weighted by Crippen LogP contribution is 2.18. The number of likely N-dealkylation sites (tertiary alicyclic amines) is 1. The Kier molecular flexibility index (Phi) is 4.56. The van der Waals surface area contributed by atoms with Gasteiger partial charge in [-0.3, -0.25) is 4.79 Å². The van der Waals surface area contributed by atoms with Crippen molar-refractivity contribution in [2.24, 2.45) is 0 Å². The first-order chi connectivity index (χ1) is 9.76. The van der Waals surface area contributed by atoms with Crippen LogP contribution in [0.5, 0.6) is 0 Å². The first-order valence-corrected chi connectivity index (χ1v) is 7.97. The van der Waals surface area contributed by atoms with E-state index in [0.717, 1.165) is 16.9 Å². The fraction of sp³-hybridized carbons (Fsp3) is 0.600. The van der Waals surface area contributed by atoms with Gasteiger partial charge >= 0.3 is 6.09 Å². The van der Waals surface area contributed by atoms with Crippen molar-refractivity contribution >= 4 is 23.3 Å². The molecule has 1 aliphatic heterocycles. The summed E-state index contributed by atoms with van der Waals surface area (Å²) in [7, 11) is 0. The van der Waals surface area contributed by atoms with Gasteiger partial charge in [0.2, 0.25) is 0 Å². The smallest absolute Gasteiger partial charge is 0.410 e. The van der Waals surface area contributed by atoms with E-state index >= 15 is 0 Å². The van der Waals surface area contributed by atoms with Crippen molar-refractivity contribution in [1.82, 2.24) is 10.2 Å². The number of nitrogens with zero attached hydrogens (tertiary/aromatic N) is 1. The number of nitrogens with one attached hydrogen (secondary N) is 1. The second kappa shape index (κ2) is 6.05. The Hall–Kier alpha value is -1.56. The van der Waals surface area contributed by atoms with Crippen molar-refractivity contribution in [1.29, 1.82) is 0 Å². The van der Waals surface area contributed by atoms with Crippen LogP contribution in [0.15, 0.2) is 11.4 Å². The summed E-state index contributed by atoms with van der Waals surface area (Å²) in [5.74, 6) is -0.0569. The zero-order valence-corrected chi connectivity index (χ0v) is 13.8. The summed E-state index contributed by atoms with van der Waals surface area (Å²) in [6, 6.07) is 1.92. The molecule has 0 aromatic carbocycles. The van der Waals surface area contributed by atoms with Crippen LogP contribution in [-0.2, 0) is 4.74 Å². The highest BCUT2D eigenvalue weighted by atomic mass is 32.1. The van der Waals surface area contributed by atoms with Crippen molar-refractivity contribution in [3.63, 3.8) is 0 Å². The number of rotatable bonds is 2. The van der Waals surface area contributed by atoms with Gasteiger partial charge in [0, 0.05) is 19.1 Å². The number of amides is 2. The Morgan fingerprint density at radius 3 is 2.71 bits per heavy atom. The molecule has 0 unspecified atom stereocenters. The minimum absolute atomic E-state index is 0.00785. The third-order valence-corrected chi connectivity index (χ3v) is 4.26. The molecule has 2 amide bonds. The van der Waals surface area contributed by atoms with Gasteiger partial charge in [-0.25, -0.2) is 4.79 Å². The van der Waals surface area contributed by atoms with Gasteiger partial charge in [0.25, 0.3) is 5.91 Å². The van der Waals surface area contributed by atoms with Gasteiger partial charge in [-0.1, -0.05) is 0 Å². The molecule has 1 aromatic heterocycles. The molecule has 21 heavy (non-hydrogen) atoms. The second-order valence-corrected chi connectivity index (χ2v) is 7.23. The van der Waals surface area contributed by atoms with Gasteiger partial charge in [-0.15, -0.1) is 11.3 Å². The lowest BCUT2D eigenvalue weighted by Gasteiger charge is -2.24. The number of carbonyl (C=O) groups is 2. The highest BCUT2D eigenvalue weighted by molar-refractivity contribution is 7.12. The lowest BCUT2D eigenvalue weighted by Crippen LogP contribution is -2.40. The molecule has 2 rings (SSSR count). The minimum atomic E-state index is -0.494. The van der Waals surface area contributed by atoms with Crippen LogP contribution < -0.4 is 5.32 Å². The van der Waals surface area contributed by atoms with Crippen molar-refractivity contribution < 1.29 is 14.3 Å². The van der Waals surface area contributed by atoms with E-state index < -0.39 is 5.60 Å². The van der Waals surface area contributed by atoms with Crippen molar-refractivity contribution in [3.05, 3.63) is 21.9 Å². The number of thiophene rings is 1. The molecule has 0 radical (unpaired) electrons. The monoisotopic (exact) mass is 310 g/mol. The van der Waals surface area contributed by atoms with E-state index in [1.807, 2.05) is 39.1 Å². The standard InChI is InChI=1S/C15H22N2O3S/c1-10-6-8-21-12(10)13(18)16-11-5-7-17(9-11)14(19)20-15(2,3)4/h6,8,11H,5,7,9H2,1-4H3,(H,16,18)/t11-/m0/s1. The van der Waals surface area contributed by atoms with Crippen molar-refractivity contribution in [2.45, 2.75) is 45.8 Å². The predicted molar refractivity (Wildman–Crippen MR) is 82.7 cm³/mol. The largest absolute Gasteiger partial charge is 0.444 e. The first kappa shape index (κ1) is 15.8. The normalized spacial score (nSPS) is 18.7. The van der Waals surface area contributed by atoms with Gasteiger partial charge in [0.15, 0.2) is 0 Å². The Morgan fingerprint density at radius 1 is 1.43 bits per heavy atom. The van der Waals surface area contributed by atoms with Gasteiger partial charge in [0.05, 0.1) is 4.88 Å². The zero-order valence-electron chi connectivity index (χ0n) is 12.9. The van der Waals surface area contributed by atoms with E-state index in [1.54, 1.807) is 4.90 Å². The number of hydrogen-bond donors (Lipinski definition) is 1. The van der Waals surface area contributed by atoms with Gasteiger partial charge in [-0.05, 0) is 51.1 Å². The molecular weight excluding hydrogens is 288 g/mol. The fourth-order valence-electron chi connectivity index (χ4n) is 2.23. The minimum Gasteiger partial charge on any atom is -0.444 e. The van der Waals surface area contributed by atoms with E-state index in [9.17, 15) is 9.59 Å². The van der Waals surface area contributed by atoms with Crippen LogP contribution in [0.1, 0.15) is 42.4 Å². The molecule has 0 bridgehead atoms. The summed E-state index contributed by atoms with van der Waals surface area (Å²) >= 11 is 1.44. The van der Waals surface area contributed by atoms with Crippen LogP contribution in [0.4, 0.5) is 4.79 Å². The summed E-state index contributed by atoms with van der Waals surface area (Å²) in [6.07, 6.45) is 0.446. The summed E-state index contributed by atoms with van der Waals surface area (Å²) in [4.78, 5) is 26.5. The van der Waals surface area contributed by atoms with Crippen LogP contribution in [-0.4, -0.2) is 41.6 Å². The van der Waals surface area contributed by atoms with Crippen LogP contribution in [0.3, 0.4) is 0 Å². The van der Waals surface area contributed by atoms with Gasteiger partial charge in [-0.2, -0.15) is 0 Å². The maximum atomic E-state index is 12.2. The topological polar surface area (TPSA) is 58.6 Å². The molecule has 6 heteroatoms. The average molecular weight is 310 g/mol. The predicted octanol–water partition coefficient (Wildman–Crippen LogP) is 2.80. The number of hydrogen-bond acceptors (Lipinski definition) is 4. The zero-order chi connectivity index (χ0) is 15.6. The van der Waals surface area contributed by atoms with Gasteiger partial charge < -0.3 is 15.0 Å². The third kappa shape index (κ3) is 4.20. The van der Waals surface area contributed by atoms with E-state index in [0.29, 0.717) is 13.1 Å². The van der Waals surface area contributed by atoms with Crippen LogP contribution in [0.2, 0.25) is 0 Å². The molecule has 5 nitrogen and oxygen atoms in total. The molecule has 1 N–H and O–H groups in total. The second-order valence-electron chi connectivity index (χ2n) is 6.32. The number of aryl methyl sites for hydroxylation is 1. The number of carbonyl (C=O) groups excluding carboxylic acids is 2. The molecule has 116 valence electrons. The molecule has 0 saturated carbocycles. The summed E-state index contributed by atoms with van der Waals surface area (Å²) < 4.78 is 5.34. The van der Waals surface area contributed by atoms with Crippen LogP contribution >= 0.6 is 11.3 Å². The SMILES string of the molecule is Cc1ccsc1C(=O)N[C@H]1CCN(C(=O)OC(C)(C)C)C1. The maximum absolute atomic E-state index is 12.2. The molecule has 1 aromatic rings. The maximum Gasteiger partial charge on any atom is 0.410 e. The summed E-state index contributed by atoms with van der Waals surface area (Å²) in [6.45, 7) is 8.58. The fourth-order valence-corrected chi connectivity index (χ4v) is 3.05. The van der Waals surface area contributed by atoms with Gasteiger partial charge in [0.1, 0.15) is 5.60 Å². The molecule has 1 saturated heterocycles. The molecule has 2 heterocycles. The quantitative estimate of drug-likeness (QED) is 0.914. The lowest BCUT2D eigenvalue weighted by molar-refractivity contribution is 0.0290. The van der Waals surface area contributed by atoms with E-state index in [1.165, 1.54) is 11.3 Å². The lowest BCUT2D eigenvalue weighted by atomic mass is 10.2. The Bertz CT molecular complexity index is 533. The molecule has 1 atom stereocenters. The molecule has 0 aliphatic carbocycles. The molecule has 0 spiro atoms. The Labute approximate surface area is 129 Å². The first-order valence-electron chi connectivity index (χ1n) is 7.09. The van der Waals surface area contributed by atoms with Crippen LogP contribution in [0.25, 0.3) is 0 Å². The molecular formula is C15H22N2O3S. The summed E-state index contributed by atoms with van der Waals surface area (Å²) in [5, 5.41) is 4.90. The van der Waals surface area contributed by atoms with E-state index in [4.69, 9.17) is 4.74 Å². The third-order valence-electron chi connectivity index (χ3n) is 3.24. The Morgan fingerprint density at radius 2 is 2.14 bits per heavy atom. The highest BCUT2D eigenvalue weighted by Gasteiger charge is 2.30. The van der Waals surface area contributed by atoms with E-state index in [2.05, 4.69) is 5.32 Å². The van der Waals surface area contributed by atoms with Crippen LogP contribution in [0, 0.1) is 6.92 Å². The van der Waals surface area contributed by atoms with Crippen molar-refractivity contribution in [2.75, 3.05) is 13.1 Å².